The summed E-state index contributed by atoms with van der Waals surface area (Å²) in [7, 11) is 0. The summed E-state index contributed by atoms with van der Waals surface area (Å²) >= 11 is 15.6. The van der Waals surface area contributed by atoms with Crippen molar-refractivity contribution in [2.45, 2.75) is 32.8 Å². The van der Waals surface area contributed by atoms with Crippen LogP contribution in [0, 0.1) is 0 Å². The number of benzene rings is 3. The molecule has 0 aliphatic rings. The third-order valence-electron chi connectivity index (χ3n) is 5.48. The third-order valence-corrected chi connectivity index (χ3v) is 6.46. The zero-order chi connectivity index (χ0) is 24.2. The van der Waals surface area contributed by atoms with Crippen molar-refractivity contribution < 1.29 is 4.74 Å². The number of fused-ring (bicyclic) bond motifs is 1. The highest BCUT2D eigenvalue weighted by Crippen LogP contribution is 2.24. The number of aromatic nitrogens is 2. The molecule has 0 N–H and O–H groups in total. The Labute approximate surface area is 216 Å². The number of hydrogen-bond donors (Lipinski definition) is 0. The van der Waals surface area contributed by atoms with Crippen molar-refractivity contribution in [1.82, 2.24) is 9.66 Å². The van der Waals surface area contributed by atoms with Crippen LogP contribution in [0.2, 0.25) is 10.0 Å². The first-order valence-corrected chi connectivity index (χ1v) is 12.3. The molecule has 8 heteroatoms. The molecule has 4 aromatic rings. The lowest BCUT2D eigenvalue weighted by atomic mass is 10.1. The predicted molar refractivity (Wildman–Crippen MR) is 143 cm³/mol. The number of hydrogen-bond acceptors (Lipinski definition) is 4. The molecule has 0 aliphatic heterocycles. The standard InChI is InChI=1S/C26H22BrCl2N3O2/c1-3-16(2)25-31-23-10-6-19(27)13-22(23)26(33)32(25)30-14-18-12-21(29)9-11-24(18)34-15-17-4-7-20(28)8-5-17/h4-14,16H,3,15H2,1-2H3/t16-/m1/s1. The van der Waals surface area contributed by atoms with Gasteiger partial charge in [0.15, 0.2) is 0 Å². The molecule has 0 saturated heterocycles. The maximum atomic E-state index is 13.4. The molecule has 0 bridgehead atoms. The Hall–Kier alpha value is -2.67. The maximum absolute atomic E-state index is 13.4. The van der Waals surface area contributed by atoms with E-state index in [9.17, 15) is 4.79 Å². The average Bonchev–Trinajstić information content (AvgIpc) is 2.83. The van der Waals surface area contributed by atoms with E-state index in [-0.39, 0.29) is 11.5 Å². The highest BCUT2D eigenvalue weighted by Gasteiger charge is 2.16. The van der Waals surface area contributed by atoms with Gasteiger partial charge in [-0.15, -0.1) is 0 Å². The van der Waals surface area contributed by atoms with Gasteiger partial charge in [-0.2, -0.15) is 9.78 Å². The molecule has 0 unspecified atom stereocenters. The molecular formula is C26H22BrCl2N3O2. The second-order valence-electron chi connectivity index (χ2n) is 7.90. The minimum Gasteiger partial charge on any atom is -0.488 e. The van der Waals surface area contributed by atoms with Gasteiger partial charge in [-0.1, -0.05) is 65.1 Å². The quantitative estimate of drug-likeness (QED) is 0.221. The summed E-state index contributed by atoms with van der Waals surface area (Å²) in [6, 6.07) is 18.2. The normalized spacial score (nSPS) is 12.4. The van der Waals surface area contributed by atoms with E-state index in [0.717, 1.165) is 16.5 Å². The van der Waals surface area contributed by atoms with E-state index in [2.05, 4.69) is 28.0 Å². The molecule has 0 spiro atoms. The molecule has 1 aromatic heterocycles. The molecule has 5 nitrogen and oxygen atoms in total. The molecule has 4 rings (SSSR count). The Bertz CT molecular complexity index is 1420. The van der Waals surface area contributed by atoms with Gasteiger partial charge in [-0.05, 0) is 60.5 Å². The van der Waals surface area contributed by atoms with Gasteiger partial charge < -0.3 is 4.74 Å². The number of rotatable bonds is 7. The van der Waals surface area contributed by atoms with Crippen LogP contribution >= 0.6 is 39.1 Å². The van der Waals surface area contributed by atoms with Crippen molar-refractivity contribution in [2.24, 2.45) is 5.10 Å². The van der Waals surface area contributed by atoms with Crippen molar-refractivity contribution in [3.63, 3.8) is 0 Å². The van der Waals surface area contributed by atoms with Crippen LogP contribution in [0.25, 0.3) is 10.9 Å². The Morgan fingerprint density at radius 2 is 1.82 bits per heavy atom. The fourth-order valence-electron chi connectivity index (χ4n) is 3.39. The molecule has 0 radical (unpaired) electrons. The largest absolute Gasteiger partial charge is 0.488 e. The first-order chi connectivity index (χ1) is 16.4. The summed E-state index contributed by atoms with van der Waals surface area (Å²) < 4.78 is 8.19. The first kappa shape index (κ1) is 24.5. The van der Waals surface area contributed by atoms with Crippen LogP contribution in [-0.4, -0.2) is 15.9 Å². The van der Waals surface area contributed by atoms with Gasteiger partial charge in [0, 0.05) is 26.0 Å². The van der Waals surface area contributed by atoms with E-state index in [1.165, 1.54) is 4.68 Å². The van der Waals surface area contributed by atoms with Gasteiger partial charge in [0.2, 0.25) is 0 Å². The molecule has 0 saturated carbocycles. The predicted octanol–water partition coefficient (Wildman–Crippen LogP) is 7.44. The number of ether oxygens (including phenoxy) is 1. The molecular weight excluding hydrogens is 537 g/mol. The number of nitrogens with zero attached hydrogens (tertiary/aromatic N) is 3. The minimum absolute atomic E-state index is 0.0397. The Kier molecular flexibility index (Phi) is 7.71. The summed E-state index contributed by atoms with van der Waals surface area (Å²) in [5.74, 6) is 1.24. The lowest BCUT2D eigenvalue weighted by Crippen LogP contribution is -2.23. The summed E-state index contributed by atoms with van der Waals surface area (Å²) in [6.45, 7) is 4.43. The van der Waals surface area contributed by atoms with Crippen LogP contribution in [-0.2, 0) is 6.61 Å². The van der Waals surface area contributed by atoms with E-state index in [1.54, 1.807) is 30.5 Å². The summed E-state index contributed by atoms with van der Waals surface area (Å²) in [5, 5.41) is 6.23. The van der Waals surface area contributed by atoms with Crippen LogP contribution < -0.4 is 10.3 Å². The average molecular weight is 559 g/mol. The molecule has 0 aliphatic carbocycles. The van der Waals surface area contributed by atoms with Crippen LogP contribution in [0.3, 0.4) is 0 Å². The molecule has 1 atom stereocenters. The van der Waals surface area contributed by atoms with Crippen LogP contribution in [0.4, 0.5) is 0 Å². The Morgan fingerprint density at radius 1 is 1.09 bits per heavy atom. The molecule has 0 amide bonds. The van der Waals surface area contributed by atoms with Gasteiger partial charge in [0.1, 0.15) is 18.2 Å². The summed E-state index contributed by atoms with van der Waals surface area (Å²) in [5.41, 5.74) is 2.04. The zero-order valence-electron chi connectivity index (χ0n) is 18.6. The van der Waals surface area contributed by atoms with Crippen LogP contribution in [0.15, 0.2) is 75.0 Å². The SMILES string of the molecule is CC[C@@H](C)c1nc2ccc(Br)cc2c(=O)n1N=Cc1cc(Cl)ccc1OCc1ccc(Cl)cc1. The van der Waals surface area contributed by atoms with E-state index < -0.39 is 0 Å². The van der Waals surface area contributed by atoms with E-state index in [0.29, 0.717) is 44.7 Å². The minimum atomic E-state index is -0.233. The van der Waals surface area contributed by atoms with E-state index in [4.69, 9.17) is 32.9 Å². The van der Waals surface area contributed by atoms with Crippen molar-refractivity contribution in [2.75, 3.05) is 0 Å². The Morgan fingerprint density at radius 3 is 2.56 bits per heavy atom. The smallest absolute Gasteiger partial charge is 0.282 e. The van der Waals surface area contributed by atoms with Gasteiger partial charge in [-0.25, -0.2) is 4.98 Å². The van der Waals surface area contributed by atoms with Crippen molar-refractivity contribution in [3.8, 4) is 5.75 Å². The van der Waals surface area contributed by atoms with Crippen LogP contribution in [0.5, 0.6) is 5.75 Å². The molecule has 174 valence electrons. The number of halogens is 3. The fourth-order valence-corrected chi connectivity index (χ4v) is 4.06. The lowest BCUT2D eigenvalue weighted by molar-refractivity contribution is 0.306. The highest BCUT2D eigenvalue weighted by atomic mass is 79.9. The van der Waals surface area contributed by atoms with Crippen LogP contribution in [0.1, 0.15) is 43.1 Å². The lowest BCUT2D eigenvalue weighted by Gasteiger charge is -2.14. The van der Waals surface area contributed by atoms with Gasteiger partial charge in [0.25, 0.3) is 5.56 Å². The van der Waals surface area contributed by atoms with E-state index in [1.807, 2.05) is 43.3 Å². The van der Waals surface area contributed by atoms with E-state index >= 15 is 0 Å². The zero-order valence-corrected chi connectivity index (χ0v) is 21.7. The maximum Gasteiger partial charge on any atom is 0.282 e. The summed E-state index contributed by atoms with van der Waals surface area (Å²) in [6.07, 6.45) is 2.40. The molecule has 34 heavy (non-hydrogen) atoms. The molecule has 3 aromatic carbocycles. The molecule has 0 fully saturated rings. The first-order valence-electron chi connectivity index (χ1n) is 10.8. The van der Waals surface area contributed by atoms with Crippen molar-refractivity contribution in [3.05, 3.63) is 102 Å². The second-order valence-corrected chi connectivity index (χ2v) is 9.69. The Balaban J connectivity index is 1.73. The van der Waals surface area contributed by atoms with Crippen molar-refractivity contribution in [1.29, 1.82) is 0 Å². The highest BCUT2D eigenvalue weighted by molar-refractivity contribution is 9.10. The second kappa shape index (κ2) is 10.7. The van der Waals surface area contributed by atoms with Gasteiger partial charge >= 0.3 is 0 Å². The van der Waals surface area contributed by atoms with Crippen molar-refractivity contribution >= 4 is 56.2 Å². The van der Waals surface area contributed by atoms with Gasteiger partial charge in [0.05, 0.1) is 17.1 Å². The topological polar surface area (TPSA) is 56.5 Å². The fraction of sp³-hybridized carbons (Fsp3) is 0.192. The third kappa shape index (κ3) is 5.52. The molecule has 1 heterocycles. The summed E-state index contributed by atoms with van der Waals surface area (Å²) in [4.78, 5) is 18.1. The van der Waals surface area contributed by atoms with Gasteiger partial charge in [-0.3, -0.25) is 4.79 Å². The monoisotopic (exact) mass is 557 g/mol.